The van der Waals surface area contributed by atoms with Gasteiger partial charge in [-0.15, -0.1) is 0 Å². The average Bonchev–Trinajstić information content (AvgIpc) is 2.90. The SMILES string of the molecule is O=C(Nc1ccc(S(=O)(=O)N2CCOCC2)cc1)C1CCCN(S(=O)(=O)CCCc2ccccc2)C1. The molecular weight excluding hydrogens is 502 g/mol. The molecular formula is C25H33N3O6S2. The van der Waals surface area contributed by atoms with Gasteiger partial charge in [-0.3, -0.25) is 4.79 Å². The quantitative estimate of drug-likeness (QED) is 0.527. The van der Waals surface area contributed by atoms with Gasteiger partial charge in [-0.1, -0.05) is 30.3 Å². The third-order valence-corrected chi connectivity index (χ3v) is 10.4. The lowest BCUT2D eigenvalue weighted by molar-refractivity contribution is -0.120. The molecule has 4 rings (SSSR count). The van der Waals surface area contributed by atoms with Crippen LogP contribution in [0.2, 0.25) is 0 Å². The highest BCUT2D eigenvalue weighted by atomic mass is 32.2. The van der Waals surface area contributed by atoms with E-state index in [1.54, 1.807) is 12.1 Å². The lowest BCUT2D eigenvalue weighted by atomic mass is 9.99. The van der Waals surface area contributed by atoms with Crippen LogP contribution in [0.5, 0.6) is 0 Å². The molecule has 9 nitrogen and oxygen atoms in total. The third kappa shape index (κ3) is 6.71. The Morgan fingerprint density at radius 3 is 2.31 bits per heavy atom. The number of piperidine rings is 1. The fourth-order valence-electron chi connectivity index (χ4n) is 4.53. The third-order valence-electron chi connectivity index (χ3n) is 6.59. The molecule has 196 valence electrons. The molecule has 0 radical (unpaired) electrons. The summed E-state index contributed by atoms with van der Waals surface area (Å²) in [6.45, 7) is 1.94. The van der Waals surface area contributed by atoms with E-state index >= 15 is 0 Å². The average molecular weight is 536 g/mol. The molecule has 2 aliphatic rings. The first-order valence-corrected chi connectivity index (χ1v) is 15.3. The second kappa shape index (κ2) is 11.8. The molecule has 0 saturated carbocycles. The number of nitrogens with zero attached hydrogens (tertiary/aromatic N) is 2. The second-order valence-electron chi connectivity index (χ2n) is 9.13. The first-order chi connectivity index (χ1) is 17.3. The summed E-state index contributed by atoms with van der Waals surface area (Å²) in [5.74, 6) is -0.669. The van der Waals surface area contributed by atoms with Crippen LogP contribution in [0.4, 0.5) is 5.69 Å². The molecule has 2 aliphatic heterocycles. The van der Waals surface area contributed by atoms with Crippen molar-refractivity contribution >= 4 is 31.6 Å². The molecule has 2 heterocycles. The van der Waals surface area contributed by atoms with Gasteiger partial charge in [-0.25, -0.2) is 21.1 Å². The van der Waals surface area contributed by atoms with E-state index in [1.807, 2.05) is 30.3 Å². The zero-order chi connectivity index (χ0) is 25.6. The Morgan fingerprint density at radius 1 is 0.917 bits per heavy atom. The van der Waals surface area contributed by atoms with Crippen molar-refractivity contribution in [1.29, 1.82) is 0 Å². The number of carbonyl (C=O) groups is 1. The number of anilines is 1. The van der Waals surface area contributed by atoms with Crippen LogP contribution in [0.3, 0.4) is 0 Å². The van der Waals surface area contributed by atoms with Gasteiger partial charge in [0, 0.05) is 31.9 Å². The summed E-state index contributed by atoms with van der Waals surface area (Å²) in [5, 5.41) is 2.82. The second-order valence-corrected chi connectivity index (χ2v) is 13.2. The summed E-state index contributed by atoms with van der Waals surface area (Å²) < 4.78 is 59.4. The van der Waals surface area contributed by atoms with Crippen LogP contribution < -0.4 is 5.32 Å². The van der Waals surface area contributed by atoms with Crippen molar-refractivity contribution in [2.75, 3.05) is 50.5 Å². The number of ether oxygens (including phenoxy) is 1. The van der Waals surface area contributed by atoms with E-state index in [4.69, 9.17) is 4.74 Å². The van der Waals surface area contributed by atoms with Crippen LogP contribution in [-0.4, -0.2) is 76.5 Å². The van der Waals surface area contributed by atoms with Gasteiger partial charge in [0.25, 0.3) is 0 Å². The fourth-order valence-corrected chi connectivity index (χ4v) is 7.52. The Labute approximate surface area is 213 Å². The van der Waals surface area contributed by atoms with Crippen molar-refractivity contribution in [3.05, 3.63) is 60.2 Å². The number of aryl methyl sites for hydroxylation is 1. The lowest BCUT2D eigenvalue weighted by Crippen LogP contribution is -2.44. The van der Waals surface area contributed by atoms with E-state index in [9.17, 15) is 21.6 Å². The lowest BCUT2D eigenvalue weighted by Gasteiger charge is -2.31. The van der Waals surface area contributed by atoms with Gasteiger partial charge < -0.3 is 10.1 Å². The van der Waals surface area contributed by atoms with Crippen molar-refractivity contribution in [3.63, 3.8) is 0 Å². The number of nitrogens with one attached hydrogen (secondary N) is 1. The largest absolute Gasteiger partial charge is 0.379 e. The van der Waals surface area contributed by atoms with Crippen LogP contribution in [0.1, 0.15) is 24.8 Å². The number of morpholine rings is 1. The Balaban J connectivity index is 1.31. The van der Waals surface area contributed by atoms with Gasteiger partial charge in [-0.2, -0.15) is 4.31 Å². The molecule has 0 aliphatic carbocycles. The van der Waals surface area contributed by atoms with Crippen LogP contribution >= 0.6 is 0 Å². The molecule has 2 saturated heterocycles. The summed E-state index contributed by atoms with van der Waals surface area (Å²) in [6.07, 6.45) is 2.44. The van der Waals surface area contributed by atoms with Crippen molar-refractivity contribution in [2.45, 2.75) is 30.6 Å². The van der Waals surface area contributed by atoms with E-state index in [1.165, 1.54) is 20.7 Å². The molecule has 2 fully saturated rings. The molecule has 1 amide bonds. The zero-order valence-electron chi connectivity index (χ0n) is 20.2. The first-order valence-electron chi connectivity index (χ1n) is 12.3. The monoisotopic (exact) mass is 535 g/mol. The normalized spacial score (nSPS) is 20.2. The number of sulfonamides is 2. The minimum Gasteiger partial charge on any atom is -0.379 e. The molecule has 36 heavy (non-hydrogen) atoms. The minimum absolute atomic E-state index is 0.0509. The van der Waals surface area contributed by atoms with Crippen molar-refractivity contribution in [1.82, 2.24) is 8.61 Å². The van der Waals surface area contributed by atoms with Gasteiger partial charge in [0.1, 0.15) is 0 Å². The van der Waals surface area contributed by atoms with Gasteiger partial charge in [-0.05, 0) is 55.5 Å². The topological polar surface area (TPSA) is 113 Å². The zero-order valence-corrected chi connectivity index (χ0v) is 21.8. The molecule has 2 aromatic rings. The maximum Gasteiger partial charge on any atom is 0.243 e. The molecule has 0 spiro atoms. The number of hydrogen-bond donors (Lipinski definition) is 1. The summed E-state index contributed by atoms with van der Waals surface area (Å²) in [4.78, 5) is 13.1. The molecule has 11 heteroatoms. The minimum atomic E-state index is -3.61. The van der Waals surface area contributed by atoms with Crippen molar-refractivity contribution in [2.24, 2.45) is 5.92 Å². The predicted octanol–water partition coefficient (Wildman–Crippen LogP) is 2.32. The molecule has 0 aromatic heterocycles. The highest BCUT2D eigenvalue weighted by Gasteiger charge is 2.32. The number of rotatable bonds is 9. The highest BCUT2D eigenvalue weighted by molar-refractivity contribution is 7.89. The van der Waals surface area contributed by atoms with Gasteiger partial charge in [0.2, 0.25) is 26.0 Å². The number of amides is 1. The highest BCUT2D eigenvalue weighted by Crippen LogP contribution is 2.23. The van der Waals surface area contributed by atoms with Crippen LogP contribution in [0.15, 0.2) is 59.5 Å². The smallest absolute Gasteiger partial charge is 0.243 e. The number of hydrogen-bond acceptors (Lipinski definition) is 6. The standard InChI is InChI=1S/C25H33N3O6S2/c29-25(26-23-10-12-24(13-11-23)36(32,33)27-15-17-34-18-16-27)22-9-4-14-28(20-22)35(30,31)19-5-8-21-6-2-1-3-7-21/h1-3,6-7,10-13,22H,4-5,8-9,14-20H2,(H,26,29). The van der Waals surface area contributed by atoms with Crippen molar-refractivity contribution < 1.29 is 26.4 Å². The maximum absolute atomic E-state index is 12.9. The summed E-state index contributed by atoms with van der Waals surface area (Å²) in [6, 6.07) is 15.9. The van der Waals surface area contributed by atoms with E-state index in [-0.39, 0.29) is 23.1 Å². The van der Waals surface area contributed by atoms with Gasteiger partial charge in [0.15, 0.2) is 0 Å². The molecule has 1 N–H and O–H groups in total. The Bertz CT molecular complexity index is 1230. The Hall–Kier alpha value is -2.31. The van der Waals surface area contributed by atoms with Gasteiger partial charge in [0.05, 0.1) is 29.8 Å². The maximum atomic E-state index is 12.9. The Kier molecular flexibility index (Phi) is 8.78. The summed E-state index contributed by atoms with van der Waals surface area (Å²) in [7, 11) is -7.06. The molecule has 1 unspecified atom stereocenters. The van der Waals surface area contributed by atoms with Crippen molar-refractivity contribution in [3.8, 4) is 0 Å². The van der Waals surface area contributed by atoms with Crippen LogP contribution in [0.25, 0.3) is 0 Å². The first kappa shape index (κ1) is 26.7. The van der Waals surface area contributed by atoms with E-state index in [2.05, 4.69) is 5.32 Å². The fraction of sp³-hybridized carbons (Fsp3) is 0.480. The predicted molar refractivity (Wildman–Crippen MR) is 137 cm³/mol. The summed E-state index contributed by atoms with van der Waals surface area (Å²) >= 11 is 0. The number of carbonyl (C=O) groups excluding carboxylic acids is 1. The van der Waals surface area contributed by atoms with E-state index < -0.39 is 26.0 Å². The summed E-state index contributed by atoms with van der Waals surface area (Å²) in [5.41, 5.74) is 1.58. The van der Waals surface area contributed by atoms with Crippen LogP contribution in [-0.2, 0) is 36.0 Å². The van der Waals surface area contributed by atoms with Crippen LogP contribution in [0, 0.1) is 5.92 Å². The van der Waals surface area contributed by atoms with Gasteiger partial charge >= 0.3 is 0 Å². The molecule has 2 aromatic carbocycles. The molecule has 1 atom stereocenters. The van der Waals surface area contributed by atoms with E-state index in [0.717, 1.165) is 5.56 Å². The molecule has 0 bridgehead atoms. The van der Waals surface area contributed by atoms with E-state index in [0.29, 0.717) is 64.2 Å². The number of benzene rings is 2. The Morgan fingerprint density at radius 2 is 1.61 bits per heavy atom.